The van der Waals surface area contributed by atoms with Gasteiger partial charge < -0.3 is 0 Å². The van der Waals surface area contributed by atoms with Crippen molar-refractivity contribution in [2.75, 3.05) is 5.75 Å². The van der Waals surface area contributed by atoms with Gasteiger partial charge in [-0.15, -0.1) is 30.1 Å². The Hall–Kier alpha value is 0.440. The van der Waals surface area contributed by atoms with E-state index in [1.807, 2.05) is 29.6 Å². The molecule has 0 aromatic heterocycles. The minimum Gasteiger partial charge on any atom is -0.145 e. The number of rotatable bonds is 5. The first-order valence-electron chi connectivity index (χ1n) is 3.54. The van der Waals surface area contributed by atoms with Crippen LogP contribution in [0.1, 0.15) is 20.8 Å². The Morgan fingerprint density at radius 1 is 1.40 bits per heavy atom. The zero-order chi connectivity index (χ0) is 7.98. The fourth-order valence-corrected chi connectivity index (χ4v) is 3.02. The Morgan fingerprint density at radius 3 is 2.40 bits per heavy atom. The van der Waals surface area contributed by atoms with Crippen LogP contribution in [0.15, 0.2) is 12.7 Å². The van der Waals surface area contributed by atoms with Crippen LogP contribution in [0.4, 0.5) is 0 Å². The highest BCUT2D eigenvalue weighted by atomic mass is 32.2. The van der Waals surface area contributed by atoms with E-state index in [1.165, 1.54) is 0 Å². The van der Waals surface area contributed by atoms with Crippen LogP contribution in [0.5, 0.6) is 0 Å². The van der Waals surface area contributed by atoms with Crippen molar-refractivity contribution in [2.45, 2.75) is 30.6 Å². The lowest BCUT2D eigenvalue weighted by Crippen LogP contribution is -1.96. The van der Waals surface area contributed by atoms with Crippen molar-refractivity contribution >= 4 is 23.5 Å². The fourth-order valence-electron chi connectivity index (χ4n) is 0.626. The average Bonchev–Trinajstić information content (AvgIpc) is 1.82. The molecule has 0 amide bonds. The van der Waals surface area contributed by atoms with E-state index < -0.39 is 0 Å². The van der Waals surface area contributed by atoms with E-state index in [9.17, 15) is 0 Å². The van der Waals surface area contributed by atoms with Crippen molar-refractivity contribution in [3.8, 4) is 0 Å². The summed E-state index contributed by atoms with van der Waals surface area (Å²) in [5.41, 5.74) is 0. The molecule has 1 atom stereocenters. The SMILES string of the molecule is C=CCSC(C)SC(C)C. The predicted octanol–water partition coefficient (Wildman–Crippen LogP) is 3.39. The molecule has 1 unspecified atom stereocenters. The number of hydrogen-bond acceptors (Lipinski definition) is 2. The summed E-state index contributed by atoms with van der Waals surface area (Å²) < 4.78 is 0.706. The van der Waals surface area contributed by atoms with Crippen LogP contribution in [0.3, 0.4) is 0 Å². The minimum absolute atomic E-state index is 0.706. The molecule has 2 heteroatoms. The van der Waals surface area contributed by atoms with Crippen molar-refractivity contribution < 1.29 is 0 Å². The lowest BCUT2D eigenvalue weighted by atomic mass is 10.6. The van der Waals surface area contributed by atoms with Crippen LogP contribution < -0.4 is 0 Å². The molecule has 0 aromatic rings. The highest BCUT2D eigenvalue weighted by Gasteiger charge is 2.03. The lowest BCUT2D eigenvalue weighted by molar-refractivity contribution is 1.11. The van der Waals surface area contributed by atoms with E-state index in [0.717, 1.165) is 11.0 Å². The Bertz CT molecular complexity index is 89.3. The largest absolute Gasteiger partial charge is 0.145 e. The first-order valence-corrected chi connectivity index (χ1v) is 5.54. The maximum absolute atomic E-state index is 3.68. The quantitative estimate of drug-likeness (QED) is 0.465. The van der Waals surface area contributed by atoms with Gasteiger partial charge in [-0.3, -0.25) is 0 Å². The van der Waals surface area contributed by atoms with Crippen LogP contribution in [0.2, 0.25) is 0 Å². The van der Waals surface area contributed by atoms with Gasteiger partial charge >= 0.3 is 0 Å². The van der Waals surface area contributed by atoms with E-state index in [2.05, 4.69) is 27.4 Å². The summed E-state index contributed by atoms with van der Waals surface area (Å²) in [5.74, 6) is 1.07. The molecule has 0 spiro atoms. The van der Waals surface area contributed by atoms with Crippen molar-refractivity contribution in [1.82, 2.24) is 0 Å². The monoisotopic (exact) mass is 176 g/mol. The smallest absolute Gasteiger partial charge is 0.0480 e. The third-order valence-corrected chi connectivity index (χ3v) is 3.48. The summed E-state index contributed by atoms with van der Waals surface area (Å²) in [6.45, 7) is 10.4. The van der Waals surface area contributed by atoms with E-state index in [1.54, 1.807) is 0 Å². The predicted molar refractivity (Wildman–Crippen MR) is 54.8 cm³/mol. The van der Waals surface area contributed by atoms with Gasteiger partial charge in [-0.1, -0.05) is 19.9 Å². The molecule has 0 radical (unpaired) electrons. The molecule has 0 bridgehead atoms. The number of thioether (sulfide) groups is 2. The van der Waals surface area contributed by atoms with Crippen LogP contribution in [-0.4, -0.2) is 15.6 Å². The van der Waals surface area contributed by atoms with E-state index in [0.29, 0.717) is 4.58 Å². The first kappa shape index (κ1) is 10.4. The van der Waals surface area contributed by atoms with Gasteiger partial charge in [0.25, 0.3) is 0 Å². The van der Waals surface area contributed by atoms with Gasteiger partial charge in [-0.05, 0) is 6.92 Å². The van der Waals surface area contributed by atoms with Gasteiger partial charge in [-0.2, -0.15) is 0 Å². The van der Waals surface area contributed by atoms with Crippen molar-refractivity contribution in [1.29, 1.82) is 0 Å². The zero-order valence-electron chi connectivity index (χ0n) is 6.96. The molecule has 60 valence electrons. The highest BCUT2D eigenvalue weighted by Crippen LogP contribution is 2.26. The van der Waals surface area contributed by atoms with Crippen LogP contribution in [0.25, 0.3) is 0 Å². The maximum atomic E-state index is 3.68. The molecule has 0 saturated heterocycles. The van der Waals surface area contributed by atoms with Gasteiger partial charge in [-0.25, -0.2) is 0 Å². The highest BCUT2D eigenvalue weighted by molar-refractivity contribution is 8.17. The molecule has 10 heavy (non-hydrogen) atoms. The molecular formula is C8H16S2. The van der Waals surface area contributed by atoms with E-state index in [-0.39, 0.29) is 0 Å². The van der Waals surface area contributed by atoms with Crippen LogP contribution >= 0.6 is 23.5 Å². The molecule has 0 aliphatic heterocycles. The lowest BCUT2D eigenvalue weighted by Gasteiger charge is -2.11. The molecule has 0 aliphatic rings. The van der Waals surface area contributed by atoms with Gasteiger partial charge in [0.2, 0.25) is 0 Å². The fraction of sp³-hybridized carbons (Fsp3) is 0.750. The Kier molecular flexibility index (Phi) is 6.44. The van der Waals surface area contributed by atoms with Crippen molar-refractivity contribution in [3.05, 3.63) is 12.7 Å². The first-order chi connectivity index (χ1) is 4.66. The Morgan fingerprint density at radius 2 is 2.00 bits per heavy atom. The van der Waals surface area contributed by atoms with Gasteiger partial charge in [0, 0.05) is 15.6 Å². The summed E-state index contributed by atoms with van der Waals surface area (Å²) in [7, 11) is 0. The van der Waals surface area contributed by atoms with Gasteiger partial charge in [0.15, 0.2) is 0 Å². The molecule has 0 aromatic carbocycles. The second kappa shape index (κ2) is 6.17. The molecule has 0 N–H and O–H groups in total. The molecule has 0 rings (SSSR count). The van der Waals surface area contributed by atoms with Crippen molar-refractivity contribution in [2.24, 2.45) is 0 Å². The summed E-state index contributed by atoms with van der Waals surface area (Å²) in [5, 5.41) is 0.743. The summed E-state index contributed by atoms with van der Waals surface area (Å²) in [6, 6.07) is 0. The molecule has 0 nitrogen and oxygen atoms in total. The van der Waals surface area contributed by atoms with Gasteiger partial charge in [0.05, 0.1) is 0 Å². The second-order valence-corrected chi connectivity index (χ2v) is 5.97. The zero-order valence-corrected chi connectivity index (χ0v) is 8.60. The molecular weight excluding hydrogens is 160 g/mol. The van der Waals surface area contributed by atoms with E-state index >= 15 is 0 Å². The Balaban J connectivity index is 3.24. The Labute approximate surface area is 72.9 Å². The summed E-state index contributed by atoms with van der Waals surface area (Å²) >= 11 is 3.96. The summed E-state index contributed by atoms with van der Waals surface area (Å²) in [6.07, 6.45) is 1.96. The minimum atomic E-state index is 0.706. The topological polar surface area (TPSA) is 0 Å². The average molecular weight is 176 g/mol. The van der Waals surface area contributed by atoms with Crippen LogP contribution in [-0.2, 0) is 0 Å². The number of hydrogen-bond donors (Lipinski definition) is 0. The van der Waals surface area contributed by atoms with Crippen molar-refractivity contribution in [3.63, 3.8) is 0 Å². The summed E-state index contributed by atoms with van der Waals surface area (Å²) in [4.78, 5) is 0. The molecule has 0 aliphatic carbocycles. The third-order valence-electron chi connectivity index (χ3n) is 0.913. The standard InChI is InChI=1S/C8H16S2/c1-5-6-9-8(4)10-7(2)3/h5,7-8H,1,6H2,2-4H3. The molecule has 0 fully saturated rings. The molecule has 0 heterocycles. The second-order valence-electron chi connectivity index (χ2n) is 2.37. The normalized spacial score (nSPS) is 13.6. The molecule has 0 saturated carbocycles. The maximum Gasteiger partial charge on any atom is 0.0480 e. The third kappa shape index (κ3) is 6.56. The van der Waals surface area contributed by atoms with E-state index in [4.69, 9.17) is 0 Å². The van der Waals surface area contributed by atoms with Gasteiger partial charge in [0.1, 0.15) is 0 Å². The van der Waals surface area contributed by atoms with Crippen LogP contribution in [0, 0.1) is 0 Å².